The van der Waals surface area contributed by atoms with Gasteiger partial charge >= 0.3 is 0 Å². The highest BCUT2D eigenvalue weighted by Crippen LogP contribution is 2.36. The zero-order chi connectivity index (χ0) is 13.7. The van der Waals surface area contributed by atoms with E-state index in [1.54, 1.807) is 12.1 Å². The van der Waals surface area contributed by atoms with Crippen molar-refractivity contribution in [2.75, 3.05) is 6.54 Å². The topological polar surface area (TPSA) is 12.0 Å². The molecule has 2 rings (SSSR count). The van der Waals surface area contributed by atoms with Crippen LogP contribution in [0.25, 0.3) is 0 Å². The number of hydrogen-bond donors (Lipinski definition) is 1. The molecule has 1 aromatic carbocycles. The molecule has 0 heterocycles. The summed E-state index contributed by atoms with van der Waals surface area (Å²) in [5, 5.41) is 3.69. The summed E-state index contributed by atoms with van der Waals surface area (Å²) in [6.07, 6.45) is 6.36. The summed E-state index contributed by atoms with van der Waals surface area (Å²) in [4.78, 5) is 0. The molecule has 106 valence electrons. The normalized spacial score (nSPS) is 18.3. The highest BCUT2D eigenvalue weighted by Gasteiger charge is 2.28. The lowest BCUT2D eigenvalue weighted by molar-refractivity contribution is 0.401. The van der Waals surface area contributed by atoms with Crippen LogP contribution in [0.15, 0.2) is 24.3 Å². The Kier molecular flexibility index (Phi) is 5.38. The summed E-state index contributed by atoms with van der Waals surface area (Å²) in [7, 11) is 0. The van der Waals surface area contributed by atoms with E-state index in [9.17, 15) is 4.39 Å². The molecule has 0 spiro atoms. The predicted molar refractivity (Wildman–Crippen MR) is 78.6 cm³/mol. The van der Waals surface area contributed by atoms with Crippen molar-refractivity contribution in [3.63, 3.8) is 0 Å². The molecule has 2 atom stereocenters. The molecule has 1 N–H and O–H groups in total. The highest BCUT2D eigenvalue weighted by atomic mass is 19.1. The monoisotopic (exact) mass is 263 g/mol. The summed E-state index contributed by atoms with van der Waals surface area (Å²) >= 11 is 0. The number of hydrogen-bond acceptors (Lipinski definition) is 1. The largest absolute Gasteiger partial charge is 0.310 e. The summed E-state index contributed by atoms with van der Waals surface area (Å²) in [6, 6.07) is 7.36. The molecule has 0 amide bonds. The smallest absolute Gasteiger partial charge is 0.123 e. The second-order valence-electron chi connectivity index (χ2n) is 5.97. The lowest BCUT2D eigenvalue weighted by Crippen LogP contribution is -2.27. The van der Waals surface area contributed by atoms with Crippen molar-refractivity contribution in [3.05, 3.63) is 35.6 Å². The van der Waals surface area contributed by atoms with Crippen molar-refractivity contribution in [2.24, 2.45) is 11.8 Å². The molecule has 1 fully saturated rings. The average molecular weight is 263 g/mol. The van der Waals surface area contributed by atoms with Crippen LogP contribution in [0.1, 0.15) is 57.6 Å². The Morgan fingerprint density at radius 3 is 2.53 bits per heavy atom. The van der Waals surface area contributed by atoms with Gasteiger partial charge in [-0.25, -0.2) is 4.39 Å². The minimum Gasteiger partial charge on any atom is -0.310 e. The van der Waals surface area contributed by atoms with Gasteiger partial charge in [-0.2, -0.15) is 0 Å². The maximum Gasteiger partial charge on any atom is 0.123 e. The standard InChI is InChI=1S/C17H26FN/c1-3-4-5-17(15-8-10-16(18)11-9-15)19-12-13(2)14-6-7-14/h8-11,13-14,17,19H,3-7,12H2,1-2H3. The van der Waals surface area contributed by atoms with Crippen molar-refractivity contribution >= 4 is 0 Å². The lowest BCUT2D eigenvalue weighted by Gasteiger charge is -2.21. The summed E-state index contributed by atoms with van der Waals surface area (Å²) in [5.41, 5.74) is 1.22. The van der Waals surface area contributed by atoms with Crippen LogP contribution in [-0.2, 0) is 0 Å². The summed E-state index contributed by atoms with van der Waals surface area (Å²) in [6.45, 7) is 5.64. The van der Waals surface area contributed by atoms with Crippen LogP contribution in [0.4, 0.5) is 4.39 Å². The molecule has 2 heteroatoms. The van der Waals surface area contributed by atoms with Crippen LogP contribution in [-0.4, -0.2) is 6.54 Å². The zero-order valence-corrected chi connectivity index (χ0v) is 12.2. The maximum absolute atomic E-state index is 13.0. The van der Waals surface area contributed by atoms with E-state index in [0.717, 1.165) is 24.8 Å². The Morgan fingerprint density at radius 2 is 1.95 bits per heavy atom. The van der Waals surface area contributed by atoms with E-state index in [0.29, 0.717) is 6.04 Å². The Balaban J connectivity index is 1.91. The van der Waals surface area contributed by atoms with E-state index >= 15 is 0 Å². The summed E-state index contributed by atoms with van der Waals surface area (Å²) < 4.78 is 13.0. The highest BCUT2D eigenvalue weighted by molar-refractivity contribution is 5.19. The van der Waals surface area contributed by atoms with Gasteiger partial charge in [0.1, 0.15) is 5.82 Å². The molecule has 1 aliphatic carbocycles. The molecule has 0 aliphatic heterocycles. The first-order valence-corrected chi connectivity index (χ1v) is 7.69. The molecule has 1 saturated carbocycles. The number of unbranched alkanes of at least 4 members (excludes halogenated alkanes) is 1. The zero-order valence-electron chi connectivity index (χ0n) is 12.2. The van der Waals surface area contributed by atoms with E-state index in [2.05, 4.69) is 19.2 Å². The molecule has 0 bridgehead atoms. The quantitative estimate of drug-likeness (QED) is 0.717. The van der Waals surface area contributed by atoms with E-state index in [1.165, 1.54) is 31.2 Å². The fourth-order valence-corrected chi connectivity index (χ4v) is 2.65. The van der Waals surface area contributed by atoms with Crippen molar-refractivity contribution in [1.29, 1.82) is 0 Å². The van der Waals surface area contributed by atoms with Gasteiger partial charge in [0.05, 0.1) is 0 Å². The van der Waals surface area contributed by atoms with Crippen molar-refractivity contribution < 1.29 is 4.39 Å². The van der Waals surface area contributed by atoms with Gasteiger partial charge in [-0.15, -0.1) is 0 Å². The van der Waals surface area contributed by atoms with Gasteiger partial charge in [-0.3, -0.25) is 0 Å². The lowest BCUT2D eigenvalue weighted by atomic mass is 9.99. The molecular formula is C17H26FN. The number of halogens is 1. The molecule has 2 unspecified atom stereocenters. The number of benzene rings is 1. The average Bonchev–Trinajstić information content (AvgIpc) is 3.24. The first-order valence-electron chi connectivity index (χ1n) is 7.69. The first kappa shape index (κ1) is 14.5. The summed E-state index contributed by atoms with van der Waals surface area (Å²) in [5.74, 6) is 1.56. The predicted octanol–water partition coefficient (Wildman–Crippen LogP) is 4.69. The van der Waals surface area contributed by atoms with Crippen LogP contribution in [0.2, 0.25) is 0 Å². The fourth-order valence-electron chi connectivity index (χ4n) is 2.65. The van der Waals surface area contributed by atoms with Gasteiger partial charge in [-0.1, -0.05) is 38.8 Å². The van der Waals surface area contributed by atoms with E-state index in [1.807, 2.05) is 12.1 Å². The van der Waals surface area contributed by atoms with Gasteiger partial charge in [0.2, 0.25) is 0 Å². The molecular weight excluding hydrogens is 237 g/mol. The molecule has 0 radical (unpaired) electrons. The molecule has 1 aromatic rings. The second-order valence-corrected chi connectivity index (χ2v) is 5.97. The molecule has 19 heavy (non-hydrogen) atoms. The molecule has 1 aliphatic rings. The van der Waals surface area contributed by atoms with Crippen molar-refractivity contribution in [3.8, 4) is 0 Å². The van der Waals surface area contributed by atoms with Crippen LogP contribution < -0.4 is 5.32 Å². The molecule has 0 saturated heterocycles. The van der Waals surface area contributed by atoms with Crippen LogP contribution in [0, 0.1) is 17.7 Å². The molecule has 1 nitrogen and oxygen atoms in total. The third kappa shape index (κ3) is 4.61. The van der Waals surface area contributed by atoms with Gasteiger partial charge in [0.15, 0.2) is 0 Å². The van der Waals surface area contributed by atoms with Crippen LogP contribution in [0.3, 0.4) is 0 Å². The second kappa shape index (κ2) is 7.04. The Morgan fingerprint density at radius 1 is 1.26 bits per heavy atom. The number of nitrogens with one attached hydrogen (secondary N) is 1. The van der Waals surface area contributed by atoms with Crippen LogP contribution >= 0.6 is 0 Å². The minimum atomic E-state index is -0.149. The maximum atomic E-state index is 13.0. The minimum absolute atomic E-state index is 0.149. The van der Waals surface area contributed by atoms with E-state index < -0.39 is 0 Å². The van der Waals surface area contributed by atoms with Crippen molar-refractivity contribution in [1.82, 2.24) is 5.32 Å². The fraction of sp³-hybridized carbons (Fsp3) is 0.647. The van der Waals surface area contributed by atoms with Gasteiger partial charge in [-0.05, 0) is 55.3 Å². The Hall–Kier alpha value is -0.890. The van der Waals surface area contributed by atoms with Crippen LogP contribution in [0.5, 0.6) is 0 Å². The Labute approximate surface area is 116 Å². The van der Waals surface area contributed by atoms with E-state index in [-0.39, 0.29) is 5.82 Å². The van der Waals surface area contributed by atoms with Gasteiger partial charge in [0.25, 0.3) is 0 Å². The van der Waals surface area contributed by atoms with Crippen molar-refractivity contribution in [2.45, 2.75) is 52.0 Å². The first-order chi connectivity index (χ1) is 9.20. The third-order valence-electron chi connectivity index (χ3n) is 4.23. The van der Waals surface area contributed by atoms with Gasteiger partial charge in [0, 0.05) is 6.04 Å². The Bertz CT molecular complexity index is 369. The number of rotatable bonds is 8. The SMILES string of the molecule is CCCCC(NCC(C)C1CC1)c1ccc(F)cc1. The third-order valence-corrected chi connectivity index (χ3v) is 4.23. The molecule has 0 aromatic heterocycles. The van der Waals surface area contributed by atoms with E-state index in [4.69, 9.17) is 0 Å². The van der Waals surface area contributed by atoms with Gasteiger partial charge < -0.3 is 5.32 Å².